The minimum Gasteiger partial charge on any atom is -0.290 e. The van der Waals surface area contributed by atoms with Gasteiger partial charge in [0, 0.05) is 14.2 Å². The first-order chi connectivity index (χ1) is 16.1. The molecule has 3 saturated carbocycles. The third-order valence-electron chi connectivity index (χ3n) is 11.0. The molecule has 4 aliphatic rings. The minimum atomic E-state index is -3.43. The summed E-state index contributed by atoms with van der Waals surface area (Å²) in [7, 11) is -0.622. The molecule has 196 valence electrons. The topological polar surface area (TPSA) is 44.8 Å². The van der Waals surface area contributed by atoms with E-state index in [1.165, 1.54) is 65.6 Å². The van der Waals surface area contributed by atoms with Gasteiger partial charge in [-0.05, 0) is 97.7 Å². The van der Waals surface area contributed by atoms with Crippen LogP contribution in [0.4, 0.5) is 0 Å². The Morgan fingerprint density at radius 1 is 1.00 bits per heavy atom. The van der Waals surface area contributed by atoms with Gasteiger partial charge in [0.05, 0.1) is 6.10 Å². The van der Waals surface area contributed by atoms with E-state index in [0.29, 0.717) is 5.41 Å². The molecule has 5 heteroatoms. The molecule has 34 heavy (non-hydrogen) atoms. The molecule has 0 unspecified atom stereocenters. The van der Waals surface area contributed by atoms with Gasteiger partial charge in [0.25, 0.3) is 0 Å². The molecule has 0 aliphatic heterocycles. The number of allylic oxidation sites excluding steroid dienone is 1. The maximum Gasteiger partial charge on any atom is 0.474 e. The predicted molar refractivity (Wildman–Crippen MR) is 140 cm³/mol. The second kappa shape index (κ2) is 10.3. The normalized spacial score (nSPS) is 40.9. The Morgan fingerprint density at radius 3 is 2.41 bits per heavy atom. The number of hydrogen-bond donors (Lipinski definition) is 0. The molecular weight excluding hydrogens is 443 g/mol. The van der Waals surface area contributed by atoms with Gasteiger partial charge in [-0.25, -0.2) is 4.57 Å². The summed E-state index contributed by atoms with van der Waals surface area (Å²) in [5, 5.41) is 0. The summed E-state index contributed by atoms with van der Waals surface area (Å²) in [6.07, 6.45) is 16.5. The number of phosphoric acid groups is 1. The van der Waals surface area contributed by atoms with Crippen LogP contribution in [0.15, 0.2) is 11.6 Å². The fourth-order valence-electron chi connectivity index (χ4n) is 9.09. The van der Waals surface area contributed by atoms with Crippen molar-refractivity contribution in [1.82, 2.24) is 0 Å². The molecule has 0 amide bonds. The van der Waals surface area contributed by atoms with Crippen molar-refractivity contribution < 1.29 is 18.1 Å². The van der Waals surface area contributed by atoms with Crippen molar-refractivity contribution >= 4 is 7.82 Å². The summed E-state index contributed by atoms with van der Waals surface area (Å²) in [6.45, 7) is 12.5. The van der Waals surface area contributed by atoms with Crippen LogP contribution in [0, 0.1) is 46.3 Å². The summed E-state index contributed by atoms with van der Waals surface area (Å²) in [6, 6.07) is 0. The van der Waals surface area contributed by atoms with Crippen LogP contribution in [-0.4, -0.2) is 20.3 Å². The molecule has 0 heterocycles. The van der Waals surface area contributed by atoms with Crippen LogP contribution < -0.4 is 0 Å². The van der Waals surface area contributed by atoms with E-state index in [1.807, 2.05) is 0 Å². The first kappa shape index (κ1) is 26.9. The van der Waals surface area contributed by atoms with Gasteiger partial charge in [0.1, 0.15) is 0 Å². The van der Waals surface area contributed by atoms with E-state index >= 15 is 0 Å². The molecular formula is C29H51O4P. The maximum absolute atomic E-state index is 12.5. The van der Waals surface area contributed by atoms with Gasteiger partial charge < -0.3 is 0 Å². The lowest BCUT2D eigenvalue weighted by molar-refractivity contribution is -0.0574. The van der Waals surface area contributed by atoms with Crippen molar-refractivity contribution in [3.05, 3.63) is 11.6 Å². The lowest BCUT2D eigenvalue weighted by Gasteiger charge is -2.58. The highest BCUT2D eigenvalue weighted by Gasteiger charge is 2.59. The molecule has 4 rings (SSSR count). The van der Waals surface area contributed by atoms with E-state index < -0.39 is 7.82 Å². The van der Waals surface area contributed by atoms with Crippen LogP contribution in [0.2, 0.25) is 0 Å². The Hall–Kier alpha value is -0.150. The highest BCUT2D eigenvalue weighted by Crippen LogP contribution is 2.67. The van der Waals surface area contributed by atoms with Crippen LogP contribution in [0.1, 0.15) is 105 Å². The molecule has 0 aromatic heterocycles. The largest absolute Gasteiger partial charge is 0.474 e. The van der Waals surface area contributed by atoms with E-state index in [0.717, 1.165) is 54.8 Å². The van der Waals surface area contributed by atoms with Gasteiger partial charge >= 0.3 is 7.82 Å². The molecule has 8 atom stereocenters. The standard InChI is InChI=1S/C29H51O4P/c1-20(2)9-8-10-21(3)25-13-14-26-24-12-11-22-19-23(33-34(30,31-6)32-7)15-17-28(22,4)27(24)16-18-29(25,26)5/h11,20-21,23-27H,8-10,12-19H2,1-7H3/t21-,23+,24+,25-,26+,27+,28+,29-/m1/s1. The Morgan fingerprint density at radius 2 is 1.74 bits per heavy atom. The fourth-order valence-corrected chi connectivity index (χ4v) is 9.95. The summed E-state index contributed by atoms with van der Waals surface area (Å²) < 4.78 is 28.5. The zero-order valence-electron chi connectivity index (χ0n) is 23.0. The van der Waals surface area contributed by atoms with Gasteiger partial charge in [-0.1, -0.05) is 65.5 Å². The molecule has 3 fully saturated rings. The van der Waals surface area contributed by atoms with Crippen molar-refractivity contribution in [3.63, 3.8) is 0 Å². The van der Waals surface area contributed by atoms with E-state index in [1.54, 1.807) is 5.57 Å². The summed E-state index contributed by atoms with van der Waals surface area (Å²) in [4.78, 5) is 0. The first-order valence-corrected chi connectivity index (χ1v) is 15.6. The predicted octanol–water partition coefficient (Wildman–Crippen LogP) is 8.81. The number of fused-ring (bicyclic) bond motifs is 5. The van der Waals surface area contributed by atoms with Crippen LogP contribution >= 0.6 is 7.82 Å². The van der Waals surface area contributed by atoms with Gasteiger partial charge in [-0.2, -0.15) is 0 Å². The average Bonchev–Trinajstić information content (AvgIpc) is 3.16. The van der Waals surface area contributed by atoms with Gasteiger partial charge in [-0.3, -0.25) is 13.6 Å². The molecule has 0 N–H and O–H groups in total. The van der Waals surface area contributed by atoms with Crippen LogP contribution in [0.25, 0.3) is 0 Å². The second-order valence-electron chi connectivity index (χ2n) is 13.1. The Bertz CT molecular complexity index is 785. The van der Waals surface area contributed by atoms with E-state index in [-0.39, 0.29) is 11.5 Å². The number of phosphoric ester groups is 1. The lowest BCUT2D eigenvalue weighted by atomic mass is 9.47. The van der Waals surface area contributed by atoms with Gasteiger partial charge in [0.2, 0.25) is 0 Å². The lowest BCUT2D eigenvalue weighted by Crippen LogP contribution is -2.51. The third-order valence-corrected chi connectivity index (χ3v) is 12.4. The molecule has 0 bridgehead atoms. The zero-order valence-corrected chi connectivity index (χ0v) is 23.9. The SMILES string of the molecule is COP(=O)(OC)O[C@H]1CC[C@@]2(C)C(=CC[C@H]3[C@@H]4CC[C@H]([C@H](C)CCCC(C)C)[C@@]4(C)CC[C@@H]32)C1. The van der Waals surface area contributed by atoms with E-state index in [9.17, 15) is 4.57 Å². The Kier molecular flexibility index (Phi) is 8.16. The minimum absolute atomic E-state index is 0.0713. The quantitative estimate of drug-likeness (QED) is 0.237. The molecule has 0 aromatic carbocycles. The Balaban J connectivity index is 1.45. The number of rotatable bonds is 9. The average molecular weight is 495 g/mol. The molecule has 0 spiro atoms. The van der Waals surface area contributed by atoms with Crippen molar-refractivity contribution in [2.45, 2.75) is 111 Å². The van der Waals surface area contributed by atoms with Gasteiger partial charge in [0.15, 0.2) is 0 Å². The third kappa shape index (κ3) is 4.88. The Labute approximate surface area is 209 Å². The van der Waals surface area contributed by atoms with Crippen LogP contribution in [0.5, 0.6) is 0 Å². The highest BCUT2D eigenvalue weighted by atomic mass is 31.2. The maximum atomic E-state index is 12.5. The van der Waals surface area contributed by atoms with Gasteiger partial charge in [-0.15, -0.1) is 0 Å². The summed E-state index contributed by atoms with van der Waals surface area (Å²) in [5.41, 5.74) is 2.35. The fraction of sp³-hybridized carbons (Fsp3) is 0.931. The van der Waals surface area contributed by atoms with Crippen molar-refractivity contribution in [3.8, 4) is 0 Å². The number of hydrogen-bond acceptors (Lipinski definition) is 4. The first-order valence-electron chi connectivity index (χ1n) is 14.2. The van der Waals surface area contributed by atoms with Crippen LogP contribution in [-0.2, 0) is 18.1 Å². The van der Waals surface area contributed by atoms with Crippen molar-refractivity contribution in [2.24, 2.45) is 46.3 Å². The van der Waals surface area contributed by atoms with Crippen molar-refractivity contribution in [1.29, 1.82) is 0 Å². The van der Waals surface area contributed by atoms with E-state index in [4.69, 9.17) is 13.6 Å². The van der Waals surface area contributed by atoms with E-state index in [2.05, 4.69) is 40.7 Å². The molecule has 4 aliphatic carbocycles. The molecule has 4 nitrogen and oxygen atoms in total. The zero-order chi connectivity index (χ0) is 24.7. The summed E-state index contributed by atoms with van der Waals surface area (Å²) >= 11 is 0. The smallest absolute Gasteiger partial charge is 0.290 e. The monoisotopic (exact) mass is 494 g/mol. The highest BCUT2D eigenvalue weighted by molar-refractivity contribution is 7.48. The molecule has 0 saturated heterocycles. The molecule has 0 radical (unpaired) electrons. The second-order valence-corrected chi connectivity index (χ2v) is 14.9. The van der Waals surface area contributed by atoms with Crippen LogP contribution in [0.3, 0.4) is 0 Å². The molecule has 0 aromatic rings. The van der Waals surface area contributed by atoms with Crippen molar-refractivity contribution in [2.75, 3.05) is 14.2 Å². The summed E-state index contributed by atoms with van der Waals surface area (Å²) in [5.74, 6) is 5.11.